The van der Waals surface area contributed by atoms with Crippen molar-refractivity contribution in [3.05, 3.63) is 44.9 Å². The fourth-order valence-corrected chi connectivity index (χ4v) is 5.89. The van der Waals surface area contributed by atoms with Gasteiger partial charge in [-0.05, 0) is 25.3 Å². The maximum absolute atomic E-state index is 12.8. The van der Waals surface area contributed by atoms with E-state index in [1.165, 1.54) is 23.1 Å². The van der Waals surface area contributed by atoms with E-state index in [4.69, 9.17) is 10.7 Å². The van der Waals surface area contributed by atoms with E-state index in [0.29, 0.717) is 24.2 Å². The van der Waals surface area contributed by atoms with Crippen molar-refractivity contribution >= 4 is 50.6 Å². The number of nitrogens with two attached hydrogens (primary N) is 1. The molecule has 4 aromatic heterocycles. The number of rotatable bonds is 8. The predicted octanol–water partition coefficient (Wildman–Crippen LogP) is 3.60. The summed E-state index contributed by atoms with van der Waals surface area (Å²) < 4.78 is 1.96. The Morgan fingerprint density at radius 1 is 1.37 bits per heavy atom. The molecule has 0 radical (unpaired) electrons. The number of aromatic nitrogens is 5. The fraction of sp³-hybridized carbons (Fsp3) is 0.316. The molecule has 0 bridgehead atoms. The molecule has 11 heteroatoms. The van der Waals surface area contributed by atoms with Gasteiger partial charge in [0.15, 0.2) is 5.16 Å². The third-order valence-electron chi connectivity index (χ3n) is 4.62. The van der Waals surface area contributed by atoms with Gasteiger partial charge in [-0.15, -0.1) is 32.9 Å². The highest BCUT2D eigenvalue weighted by Crippen LogP contribution is 2.36. The zero-order chi connectivity index (χ0) is 21.3. The lowest BCUT2D eigenvalue weighted by atomic mass is 10.2. The summed E-state index contributed by atoms with van der Waals surface area (Å²) >= 11 is 4.55. The molecule has 3 N–H and O–H groups in total. The number of hydrogen-bond acceptors (Lipinski definition) is 8. The summed E-state index contributed by atoms with van der Waals surface area (Å²) in [5, 5.41) is 13.7. The number of fused-ring (bicyclic) bond motifs is 1. The quantitative estimate of drug-likeness (QED) is 0.388. The number of primary amides is 1. The molecule has 8 nitrogen and oxygen atoms in total. The number of amides is 1. The van der Waals surface area contributed by atoms with E-state index < -0.39 is 0 Å². The molecule has 1 amide bonds. The molecule has 4 rings (SSSR count). The molecule has 0 spiro atoms. The molecule has 156 valence electrons. The van der Waals surface area contributed by atoms with Crippen LogP contribution in [0.1, 0.15) is 37.2 Å². The molecular weight excluding hydrogens is 440 g/mol. The maximum atomic E-state index is 12.8. The molecule has 4 aromatic rings. The van der Waals surface area contributed by atoms with Crippen molar-refractivity contribution in [1.82, 2.24) is 24.7 Å². The van der Waals surface area contributed by atoms with E-state index in [1.54, 1.807) is 11.3 Å². The predicted molar refractivity (Wildman–Crippen MR) is 121 cm³/mol. The van der Waals surface area contributed by atoms with E-state index in [2.05, 4.69) is 15.2 Å². The first-order chi connectivity index (χ1) is 14.5. The Balaban J connectivity index is 1.61. The van der Waals surface area contributed by atoms with Crippen LogP contribution in [0, 0.1) is 0 Å². The van der Waals surface area contributed by atoms with Gasteiger partial charge in [-0.2, -0.15) is 0 Å². The van der Waals surface area contributed by atoms with Crippen LogP contribution in [0.3, 0.4) is 0 Å². The zero-order valence-electron chi connectivity index (χ0n) is 16.4. The summed E-state index contributed by atoms with van der Waals surface area (Å²) in [5.74, 6) is 0.958. The summed E-state index contributed by atoms with van der Waals surface area (Å²) in [7, 11) is 0. The van der Waals surface area contributed by atoms with Crippen LogP contribution in [0.5, 0.6) is 0 Å². The first-order valence-electron chi connectivity index (χ1n) is 9.40. The van der Waals surface area contributed by atoms with Gasteiger partial charge in [0.2, 0.25) is 5.91 Å². The number of carbonyl (C=O) groups is 1. The standard InChI is InChI=1S/C19H20N6O2S3/c1-3-25-14(7-6-13(20)26)23-24-19(25)30-10(2)16-21-17(27)15-11(9-29-18(15)22-16)12-5-4-8-28-12/h4-5,8-10H,3,6-7H2,1-2H3,(H2,20,26)(H,21,22,27). The number of H-pyrrole nitrogens is 1. The summed E-state index contributed by atoms with van der Waals surface area (Å²) in [6.45, 7) is 4.64. The van der Waals surface area contributed by atoms with E-state index in [9.17, 15) is 9.59 Å². The van der Waals surface area contributed by atoms with Gasteiger partial charge in [-0.25, -0.2) is 4.98 Å². The Hall–Kier alpha value is -2.50. The van der Waals surface area contributed by atoms with Gasteiger partial charge in [0.1, 0.15) is 16.5 Å². The maximum Gasteiger partial charge on any atom is 0.260 e. The second-order valence-corrected chi connectivity index (χ2v) is 9.74. The van der Waals surface area contributed by atoms with Crippen LogP contribution < -0.4 is 11.3 Å². The van der Waals surface area contributed by atoms with E-state index in [-0.39, 0.29) is 23.1 Å². The summed E-state index contributed by atoms with van der Waals surface area (Å²) in [4.78, 5) is 33.4. The van der Waals surface area contributed by atoms with Gasteiger partial charge < -0.3 is 15.3 Å². The number of nitrogens with one attached hydrogen (secondary N) is 1. The van der Waals surface area contributed by atoms with Crippen LogP contribution in [0.4, 0.5) is 0 Å². The molecule has 0 aliphatic heterocycles. The first kappa shape index (κ1) is 20.8. The molecule has 0 aliphatic carbocycles. The van der Waals surface area contributed by atoms with E-state index in [0.717, 1.165) is 26.3 Å². The Bertz CT molecular complexity index is 1240. The number of carbonyl (C=O) groups excluding carboxylic acids is 1. The number of aromatic amines is 1. The average molecular weight is 461 g/mol. The third-order valence-corrected chi connectivity index (χ3v) is 7.49. The normalized spacial score (nSPS) is 12.5. The zero-order valence-corrected chi connectivity index (χ0v) is 18.9. The van der Waals surface area contributed by atoms with Gasteiger partial charge in [0, 0.05) is 35.2 Å². The number of thioether (sulfide) groups is 1. The van der Waals surface area contributed by atoms with Gasteiger partial charge in [0.05, 0.1) is 10.6 Å². The minimum Gasteiger partial charge on any atom is -0.370 e. The second-order valence-electron chi connectivity index (χ2n) is 6.63. The van der Waals surface area contributed by atoms with Crippen LogP contribution in [-0.2, 0) is 17.8 Å². The van der Waals surface area contributed by atoms with Crippen molar-refractivity contribution in [3.63, 3.8) is 0 Å². The fourth-order valence-electron chi connectivity index (χ4n) is 3.13. The van der Waals surface area contributed by atoms with Crippen molar-refractivity contribution < 1.29 is 4.79 Å². The Morgan fingerprint density at radius 3 is 2.90 bits per heavy atom. The first-order valence-corrected chi connectivity index (χ1v) is 12.0. The van der Waals surface area contributed by atoms with Crippen molar-refractivity contribution in [2.24, 2.45) is 5.73 Å². The highest BCUT2D eigenvalue weighted by molar-refractivity contribution is 7.99. The summed E-state index contributed by atoms with van der Waals surface area (Å²) in [6.07, 6.45) is 0.682. The van der Waals surface area contributed by atoms with Gasteiger partial charge >= 0.3 is 0 Å². The van der Waals surface area contributed by atoms with Crippen LogP contribution in [0.2, 0.25) is 0 Å². The second kappa shape index (κ2) is 8.70. The van der Waals surface area contributed by atoms with Crippen molar-refractivity contribution in [2.75, 3.05) is 0 Å². The molecule has 30 heavy (non-hydrogen) atoms. The topological polar surface area (TPSA) is 120 Å². The van der Waals surface area contributed by atoms with E-state index >= 15 is 0 Å². The number of aryl methyl sites for hydroxylation is 1. The number of hydrogen-bond donors (Lipinski definition) is 2. The third kappa shape index (κ3) is 4.05. The molecule has 1 atom stereocenters. The molecule has 0 saturated carbocycles. The number of nitrogens with zero attached hydrogens (tertiary/aromatic N) is 4. The lowest BCUT2D eigenvalue weighted by Gasteiger charge is -2.11. The van der Waals surface area contributed by atoms with Gasteiger partial charge in [-0.1, -0.05) is 17.8 Å². The molecule has 4 heterocycles. The van der Waals surface area contributed by atoms with Crippen LogP contribution in [-0.4, -0.2) is 30.6 Å². The monoisotopic (exact) mass is 460 g/mol. The highest BCUT2D eigenvalue weighted by Gasteiger charge is 2.20. The van der Waals surface area contributed by atoms with Crippen LogP contribution in [0.25, 0.3) is 20.7 Å². The molecule has 0 aromatic carbocycles. The van der Waals surface area contributed by atoms with Gasteiger partial charge in [-0.3, -0.25) is 9.59 Å². The Kier molecular flexibility index (Phi) is 6.02. The summed E-state index contributed by atoms with van der Waals surface area (Å²) in [6, 6.07) is 3.98. The SMILES string of the molecule is CCn1c(CCC(N)=O)nnc1SC(C)c1nc2scc(-c3cccs3)c2c(=O)[nH]1. The Labute approximate surface area is 184 Å². The van der Waals surface area contributed by atoms with Crippen LogP contribution in [0.15, 0.2) is 32.8 Å². The molecule has 0 fully saturated rings. The number of thiophene rings is 2. The molecule has 1 unspecified atom stereocenters. The lowest BCUT2D eigenvalue weighted by Crippen LogP contribution is -2.14. The van der Waals surface area contributed by atoms with Crippen molar-refractivity contribution in [2.45, 2.75) is 43.6 Å². The van der Waals surface area contributed by atoms with Crippen molar-refractivity contribution in [3.8, 4) is 10.4 Å². The molecule has 0 saturated heterocycles. The largest absolute Gasteiger partial charge is 0.370 e. The average Bonchev–Trinajstić information content (AvgIpc) is 3.45. The minimum absolute atomic E-state index is 0.132. The smallest absolute Gasteiger partial charge is 0.260 e. The van der Waals surface area contributed by atoms with Crippen LogP contribution >= 0.6 is 34.4 Å². The van der Waals surface area contributed by atoms with E-state index in [1.807, 2.05) is 41.3 Å². The van der Waals surface area contributed by atoms with Gasteiger partial charge in [0.25, 0.3) is 5.56 Å². The Morgan fingerprint density at radius 2 is 2.20 bits per heavy atom. The molecule has 0 aliphatic rings. The highest BCUT2D eigenvalue weighted by atomic mass is 32.2. The lowest BCUT2D eigenvalue weighted by molar-refractivity contribution is -0.118. The summed E-state index contributed by atoms with van der Waals surface area (Å²) in [5.41, 5.74) is 6.04. The molecular formula is C19H20N6O2S3. The van der Waals surface area contributed by atoms with Crippen molar-refractivity contribution in [1.29, 1.82) is 0 Å². The minimum atomic E-state index is -0.365.